The molecule has 5 rings (SSSR count). The molecule has 3 aromatic carbocycles. The molecule has 210 valence electrons. The van der Waals surface area contributed by atoms with Crippen LogP contribution < -0.4 is 20.7 Å². The minimum Gasteiger partial charge on any atom is -0.457 e. The molecule has 2 aromatic heterocycles. The number of benzene rings is 3. The molecule has 4 N–H and O–H groups in total. The molecule has 0 aliphatic carbocycles. The lowest BCUT2D eigenvalue weighted by Crippen LogP contribution is -2.21. The maximum atomic E-state index is 13.3. The quantitative estimate of drug-likeness (QED) is 0.182. The number of aromatic nitrogens is 4. The molecule has 15 heteroatoms. The number of methoxy groups -OCH3 is 1. The van der Waals surface area contributed by atoms with Gasteiger partial charge < -0.3 is 29.9 Å². The van der Waals surface area contributed by atoms with Crippen molar-refractivity contribution in [3.8, 4) is 17.2 Å². The van der Waals surface area contributed by atoms with Crippen molar-refractivity contribution in [1.82, 2.24) is 19.3 Å². The molecule has 0 bridgehead atoms. The van der Waals surface area contributed by atoms with Gasteiger partial charge in [0.2, 0.25) is 5.95 Å². The number of amides is 3. The van der Waals surface area contributed by atoms with E-state index in [-0.39, 0.29) is 11.6 Å². The van der Waals surface area contributed by atoms with Crippen LogP contribution in [0.3, 0.4) is 0 Å². The molecule has 0 unspecified atom stereocenters. The fraction of sp³-hybridized carbons (Fsp3) is 0.0769. The molecular weight excluding hydrogens is 547 g/mol. The number of nitrogens with zero attached hydrogens (tertiary/aromatic N) is 4. The second-order valence-electron chi connectivity index (χ2n) is 8.42. The highest BCUT2D eigenvalue weighted by Gasteiger charge is 2.31. The van der Waals surface area contributed by atoms with Gasteiger partial charge in [-0.15, -0.1) is 4.73 Å². The molecule has 0 aliphatic rings. The van der Waals surface area contributed by atoms with Crippen molar-refractivity contribution in [2.45, 2.75) is 6.18 Å². The standard InChI is InChI=1S/C26H20F3N7O5/c1-40-25(38)34-23-32-20-13-18(7-9-22(20)36(23)39)41-17-5-3-16(4-6-17)31-24(37)33-19-12-15(26(27,28)29)2-8-21(19)35-11-10-30-14-35/h2-14,39H,1H3,(H2,31,33,37)(H,32,34,38). The summed E-state index contributed by atoms with van der Waals surface area (Å²) in [5.74, 6) is 0.627. The topological polar surface area (TPSA) is 145 Å². The van der Waals surface area contributed by atoms with E-state index in [9.17, 15) is 28.0 Å². The van der Waals surface area contributed by atoms with Crippen LogP contribution in [0, 0.1) is 0 Å². The van der Waals surface area contributed by atoms with E-state index in [1.54, 1.807) is 18.2 Å². The molecular formula is C26H20F3N7O5. The lowest BCUT2D eigenvalue weighted by molar-refractivity contribution is -0.137. The number of nitrogens with one attached hydrogen (secondary N) is 3. The van der Waals surface area contributed by atoms with Gasteiger partial charge in [0.1, 0.15) is 17.0 Å². The lowest BCUT2D eigenvalue weighted by atomic mass is 10.1. The molecule has 12 nitrogen and oxygen atoms in total. The Morgan fingerprint density at radius 1 is 0.951 bits per heavy atom. The summed E-state index contributed by atoms with van der Waals surface area (Å²) in [5.41, 5.74) is 0.297. The Kier molecular flexibility index (Phi) is 7.07. The number of alkyl halides is 3. The van der Waals surface area contributed by atoms with Crippen molar-refractivity contribution in [2.24, 2.45) is 0 Å². The van der Waals surface area contributed by atoms with Crippen LogP contribution >= 0.6 is 0 Å². The van der Waals surface area contributed by atoms with Crippen LogP contribution in [0.2, 0.25) is 0 Å². The van der Waals surface area contributed by atoms with E-state index in [0.717, 1.165) is 12.1 Å². The molecule has 3 amide bonds. The van der Waals surface area contributed by atoms with Crippen molar-refractivity contribution in [3.05, 3.63) is 84.9 Å². The Balaban J connectivity index is 1.27. The molecule has 2 heterocycles. The molecule has 0 aliphatic heterocycles. The first-order valence-corrected chi connectivity index (χ1v) is 11.7. The van der Waals surface area contributed by atoms with Gasteiger partial charge >= 0.3 is 18.3 Å². The van der Waals surface area contributed by atoms with Crippen LogP contribution in [-0.2, 0) is 10.9 Å². The minimum absolute atomic E-state index is 0.0686. The lowest BCUT2D eigenvalue weighted by Gasteiger charge is -2.15. The number of carbonyl (C=O) groups is 2. The minimum atomic E-state index is -4.60. The van der Waals surface area contributed by atoms with Crippen LogP contribution in [0.4, 0.5) is 40.1 Å². The fourth-order valence-corrected chi connectivity index (χ4v) is 3.80. The number of anilines is 3. The first kappa shape index (κ1) is 26.9. The number of hydrogen-bond donors (Lipinski definition) is 4. The van der Waals surface area contributed by atoms with Gasteiger partial charge in [0.05, 0.1) is 35.9 Å². The van der Waals surface area contributed by atoms with Crippen LogP contribution in [-0.4, -0.2) is 43.7 Å². The normalized spacial score (nSPS) is 11.2. The van der Waals surface area contributed by atoms with Crippen LogP contribution in [0.1, 0.15) is 5.56 Å². The van der Waals surface area contributed by atoms with E-state index in [4.69, 9.17) is 4.74 Å². The highest BCUT2D eigenvalue weighted by molar-refractivity contribution is 6.01. The van der Waals surface area contributed by atoms with E-state index in [2.05, 4.69) is 30.7 Å². The number of ether oxygens (including phenoxy) is 2. The maximum absolute atomic E-state index is 13.3. The number of imidazole rings is 2. The highest BCUT2D eigenvalue weighted by atomic mass is 19.4. The highest BCUT2D eigenvalue weighted by Crippen LogP contribution is 2.34. The Hall–Kier alpha value is -5.73. The summed E-state index contributed by atoms with van der Waals surface area (Å²) in [5, 5.41) is 17.5. The first-order valence-electron chi connectivity index (χ1n) is 11.7. The average molecular weight is 567 g/mol. The number of fused-ring (bicyclic) bond motifs is 1. The number of carbonyl (C=O) groups excluding carboxylic acids is 2. The van der Waals surface area contributed by atoms with E-state index in [0.29, 0.717) is 38.6 Å². The van der Waals surface area contributed by atoms with E-state index >= 15 is 0 Å². The predicted molar refractivity (Wildman–Crippen MR) is 141 cm³/mol. The maximum Gasteiger partial charge on any atom is 0.416 e. The zero-order chi connectivity index (χ0) is 29.1. The second kappa shape index (κ2) is 10.8. The summed E-state index contributed by atoms with van der Waals surface area (Å²) in [6.07, 6.45) is -1.00. The Morgan fingerprint density at radius 3 is 2.39 bits per heavy atom. The Labute approximate surface area is 228 Å². The molecule has 0 fully saturated rings. The largest absolute Gasteiger partial charge is 0.457 e. The predicted octanol–water partition coefficient (Wildman–Crippen LogP) is 6.09. The van der Waals surface area contributed by atoms with Crippen LogP contribution in [0.15, 0.2) is 79.4 Å². The van der Waals surface area contributed by atoms with Gasteiger partial charge in [-0.25, -0.2) is 19.6 Å². The third-order valence-electron chi connectivity index (χ3n) is 5.70. The molecule has 0 radical (unpaired) electrons. The smallest absolute Gasteiger partial charge is 0.416 e. The molecule has 41 heavy (non-hydrogen) atoms. The van der Waals surface area contributed by atoms with Crippen molar-refractivity contribution >= 4 is 40.5 Å². The summed E-state index contributed by atoms with van der Waals surface area (Å²) >= 11 is 0. The number of hydrogen-bond acceptors (Lipinski definition) is 7. The number of urea groups is 1. The molecule has 0 saturated carbocycles. The summed E-state index contributed by atoms with van der Waals surface area (Å²) in [4.78, 5) is 32.1. The Morgan fingerprint density at radius 2 is 1.71 bits per heavy atom. The zero-order valence-corrected chi connectivity index (χ0v) is 21.0. The van der Waals surface area contributed by atoms with Crippen molar-refractivity contribution in [3.63, 3.8) is 0 Å². The van der Waals surface area contributed by atoms with Gasteiger partial charge in [0.25, 0.3) is 0 Å². The van der Waals surface area contributed by atoms with Gasteiger partial charge in [0, 0.05) is 24.1 Å². The van der Waals surface area contributed by atoms with E-state index < -0.39 is 23.9 Å². The van der Waals surface area contributed by atoms with Crippen LogP contribution in [0.25, 0.3) is 16.7 Å². The number of halogens is 3. The summed E-state index contributed by atoms with van der Waals surface area (Å²) < 4.78 is 52.3. The van der Waals surface area contributed by atoms with Crippen molar-refractivity contribution in [1.29, 1.82) is 0 Å². The van der Waals surface area contributed by atoms with E-state index in [1.165, 1.54) is 60.7 Å². The van der Waals surface area contributed by atoms with Gasteiger partial charge in [-0.3, -0.25) is 5.32 Å². The van der Waals surface area contributed by atoms with E-state index in [1.807, 2.05) is 0 Å². The summed E-state index contributed by atoms with van der Waals surface area (Å²) in [6.45, 7) is 0. The molecule has 0 saturated heterocycles. The fourth-order valence-electron chi connectivity index (χ4n) is 3.80. The second-order valence-corrected chi connectivity index (χ2v) is 8.42. The van der Waals surface area contributed by atoms with Gasteiger partial charge in [-0.05, 0) is 54.6 Å². The molecule has 0 atom stereocenters. The average Bonchev–Trinajstić information content (AvgIpc) is 3.57. The SMILES string of the molecule is COC(=O)Nc1nc2cc(Oc3ccc(NC(=O)Nc4cc(C(F)(F)F)ccc4-n4ccnc4)cc3)ccc2n1O. The Bertz CT molecular complexity index is 1720. The molecule has 5 aromatic rings. The third-order valence-corrected chi connectivity index (χ3v) is 5.70. The first-order chi connectivity index (χ1) is 19.6. The van der Waals surface area contributed by atoms with Gasteiger partial charge in [0.15, 0.2) is 0 Å². The summed E-state index contributed by atoms with van der Waals surface area (Å²) in [6, 6.07) is 13.1. The monoisotopic (exact) mass is 567 g/mol. The van der Waals surface area contributed by atoms with Gasteiger partial charge in [-0.2, -0.15) is 13.2 Å². The van der Waals surface area contributed by atoms with Crippen molar-refractivity contribution in [2.75, 3.05) is 23.1 Å². The third kappa shape index (κ3) is 5.98. The van der Waals surface area contributed by atoms with Gasteiger partial charge in [-0.1, -0.05) is 0 Å². The summed E-state index contributed by atoms with van der Waals surface area (Å²) in [7, 11) is 1.17. The zero-order valence-electron chi connectivity index (χ0n) is 21.0. The molecule has 0 spiro atoms. The van der Waals surface area contributed by atoms with Crippen molar-refractivity contribution < 1.29 is 37.4 Å². The number of rotatable bonds is 6. The van der Waals surface area contributed by atoms with Crippen LogP contribution in [0.5, 0.6) is 11.5 Å².